The Balaban J connectivity index is 1.91. The summed E-state index contributed by atoms with van der Waals surface area (Å²) in [5, 5.41) is 3.30. The first-order valence-electron chi connectivity index (χ1n) is 9.36. The van der Waals surface area contributed by atoms with Crippen molar-refractivity contribution in [3.8, 4) is 11.5 Å². The molecule has 0 fully saturated rings. The van der Waals surface area contributed by atoms with Crippen LogP contribution in [0.3, 0.4) is 0 Å². The Hall–Kier alpha value is -2.70. The van der Waals surface area contributed by atoms with Gasteiger partial charge in [-0.3, -0.25) is 4.99 Å². The van der Waals surface area contributed by atoms with Crippen LogP contribution in [0.2, 0.25) is 0 Å². The van der Waals surface area contributed by atoms with Crippen molar-refractivity contribution in [1.29, 1.82) is 0 Å². The van der Waals surface area contributed by atoms with Crippen LogP contribution in [0, 0.1) is 0 Å². The molecule has 1 aromatic carbocycles. The standard InChI is InChI=1S/C21H32N4O3/c1-21(2,3)18-13-23-19(28-18)14-24-20(22-4)25(5)11-10-15-8-9-16(26-6)17(12-15)27-7/h8-9,12-13H,10-11,14H2,1-7H3,(H,22,24). The van der Waals surface area contributed by atoms with E-state index in [1.54, 1.807) is 27.5 Å². The molecule has 1 aromatic heterocycles. The number of rotatable bonds is 7. The Kier molecular flexibility index (Phi) is 7.31. The third kappa shape index (κ3) is 5.65. The van der Waals surface area contributed by atoms with E-state index in [4.69, 9.17) is 13.9 Å². The summed E-state index contributed by atoms with van der Waals surface area (Å²) in [4.78, 5) is 10.8. The summed E-state index contributed by atoms with van der Waals surface area (Å²) >= 11 is 0. The lowest BCUT2D eigenvalue weighted by atomic mass is 9.94. The highest BCUT2D eigenvalue weighted by Crippen LogP contribution is 2.27. The number of methoxy groups -OCH3 is 2. The number of likely N-dealkylation sites (N-methyl/N-ethyl adjacent to an activating group) is 1. The molecule has 0 amide bonds. The van der Waals surface area contributed by atoms with Gasteiger partial charge in [0.25, 0.3) is 0 Å². The van der Waals surface area contributed by atoms with Crippen LogP contribution in [0.15, 0.2) is 33.8 Å². The molecule has 7 nitrogen and oxygen atoms in total. The van der Waals surface area contributed by atoms with Gasteiger partial charge in [0.05, 0.1) is 27.0 Å². The molecule has 154 valence electrons. The van der Waals surface area contributed by atoms with E-state index in [9.17, 15) is 0 Å². The lowest BCUT2D eigenvalue weighted by molar-refractivity contribution is 0.354. The normalized spacial score (nSPS) is 12.0. The van der Waals surface area contributed by atoms with Gasteiger partial charge in [-0.1, -0.05) is 26.8 Å². The first-order chi connectivity index (χ1) is 13.3. The first kappa shape index (κ1) is 21.6. The molecule has 0 saturated carbocycles. The fourth-order valence-electron chi connectivity index (χ4n) is 2.72. The highest BCUT2D eigenvalue weighted by atomic mass is 16.5. The molecule has 0 aliphatic heterocycles. The highest BCUT2D eigenvalue weighted by molar-refractivity contribution is 5.79. The molecule has 0 aliphatic carbocycles. The van der Waals surface area contributed by atoms with E-state index in [0.717, 1.165) is 36.2 Å². The monoisotopic (exact) mass is 388 g/mol. The second-order valence-corrected chi connectivity index (χ2v) is 7.63. The van der Waals surface area contributed by atoms with Crippen LogP contribution in [0.1, 0.15) is 38.0 Å². The van der Waals surface area contributed by atoms with Crippen molar-refractivity contribution >= 4 is 5.96 Å². The van der Waals surface area contributed by atoms with E-state index in [-0.39, 0.29) is 5.41 Å². The average molecular weight is 389 g/mol. The lowest BCUT2D eigenvalue weighted by Crippen LogP contribution is -2.39. The Morgan fingerprint density at radius 2 is 1.93 bits per heavy atom. The topological polar surface area (TPSA) is 72.1 Å². The average Bonchev–Trinajstić information content (AvgIpc) is 3.16. The van der Waals surface area contributed by atoms with Crippen LogP contribution in [0.5, 0.6) is 11.5 Å². The third-order valence-corrected chi connectivity index (χ3v) is 4.45. The molecule has 2 rings (SSSR count). The molecule has 1 heterocycles. The van der Waals surface area contributed by atoms with Crippen molar-refractivity contribution in [3.63, 3.8) is 0 Å². The number of ether oxygens (including phenoxy) is 2. The minimum absolute atomic E-state index is 0.0524. The molecule has 0 atom stereocenters. The summed E-state index contributed by atoms with van der Waals surface area (Å²) in [6.45, 7) is 7.60. The van der Waals surface area contributed by atoms with E-state index in [0.29, 0.717) is 12.4 Å². The first-order valence-corrected chi connectivity index (χ1v) is 9.36. The fourth-order valence-corrected chi connectivity index (χ4v) is 2.72. The number of guanidine groups is 1. The molecule has 1 N–H and O–H groups in total. The van der Waals surface area contributed by atoms with Gasteiger partial charge in [0.15, 0.2) is 17.5 Å². The number of hydrogen-bond acceptors (Lipinski definition) is 5. The maximum atomic E-state index is 5.83. The van der Waals surface area contributed by atoms with Crippen LogP contribution in [0.25, 0.3) is 0 Å². The number of nitrogens with one attached hydrogen (secondary N) is 1. The second kappa shape index (κ2) is 9.48. The largest absolute Gasteiger partial charge is 0.493 e. The number of aliphatic imine (C=N–C) groups is 1. The predicted octanol–water partition coefficient (Wildman–Crippen LogP) is 3.24. The summed E-state index contributed by atoms with van der Waals surface area (Å²) in [5.41, 5.74) is 1.12. The van der Waals surface area contributed by atoms with Crippen molar-refractivity contribution in [3.05, 3.63) is 41.6 Å². The number of oxazole rings is 1. The minimum Gasteiger partial charge on any atom is -0.493 e. The van der Waals surface area contributed by atoms with Crippen molar-refractivity contribution in [1.82, 2.24) is 15.2 Å². The molecule has 0 aliphatic rings. The molecule has 2 aromatic rings. The molecule has 0 bridgehead atoms. The second-order valence-electron chi connectivity index (χ2n) is 7.63. The SMILES string of the molecule is CN=C(NCc1ncc(C(C)(C)C)o1)N(C)CCc1ccc(OC)c(OC)c1. The molecule has 28 heavy (non-hydrogen) atoms. The van der Waals surface area contributed by atoms with Gasteiger partial charge in [-0.25, -0.2) is 4.98 Å². The van der Waals surface area contributed by atoms with E-state index < -0.39 is 0 Å². The number of benzene rings is 1. The van der Waals surface area contributed by atoms with E-state index in [1.165, 1.54) is 5.56 Å². The van der Waals surface area contributed by atoms with Gasteiger partial charge in [0.1, 0.15) is 5.76 Å². The predicted molar refractivity (Wildman–Crippen MR) is 111 cm³/mol. The quantitative estimate of drug-likeness (QED) is 0.580. The summed E-state index contributed by atoms with van der Waals surface area (Å²) < 4.78 is 16.5. The molecule has 0 radical (unpaired) electrons. The van der Waals surface area contributed by atoms with Gasteiger partial charge >= 0.3 is 0 Å². The van der Waals surface area contributed by atoms with Crippen LogP contribution < -0.4 is 14.8 Å². The molecule has 7 heteroatoms. The van der Waals surface area contributed by atoms with E-state index in [2.05, 4.69) is 41.0 Å². The van der Waals surface area contributed by atoms with Gasteiger partial charge in [0.2, 0.25) is 5.89 Å². The molecular weight excluding hydrogens is 356 g/mol. The Bertz CT molecular complexity index is 793. The van der Waals surface area contributed by atoms with Crippen molar-refractivity contribution < 1.29 is 13.9 Å². The number of nitrogens with zero attached hydrogens (tertiary/aromatic N) is 3. The zero-order valence-electron chi connectivity index (χ0n) is 18.0. The summed E-state index contributed by atoms with van der Waals surface area (Å²) in [6.07, 6.45) is 2.64. The van der Waals surface area contributed by atoms with E-state index >= 15 is 0 Å². The smallest absolute Gasteiger partial charge is 0.213 e. The van der Waals surface area contributed by atoms with Crippen molar-refractivity contribution in [2.24, 2.45) is 4.99 Å². The maximum Gasteiger partial charge on any atom is 0.213 e. The van der Waals surface area contributed by atoms with Gasteiger partial charge < -0.3 is 24.1 Å². The molecule has 0 unspecified atom stereocenters. The Labute approximate surface area is 167 Å². The summed E-state index contributed by atoms with van der Waals surface area (Å²) in [6, 6.07) is 5.98. The third-order valence-electron chi connectivity index (χ3n) is 4.45. The Morgan fingerprint density at radius 1 is 1.21 bits per heavy atom. The number of hydrogen-bond donors (Lipinski definition) is 1. The lowest BCUT2D eigenvalue weighted by Gasteiger charge is -2.22. The molecule has 0 saturated heterocycles. The summed E-state index contributed by atoms with van der Waals surface area (Å²) in [5.74, 6) is 3.79. The van der Waals surface area contributed by atoms with Crippen molar-refractivity contribution in [2.75, 3.05) is 34.9 Å². The van der Waals surface area contributed by atoms with Gasteiger partial charge in [-0.2, -0.15) is 0 Å². The zero-order valence-corrected chi connectivity index (χ0v) is 18.0. The Morgan fingerprint density at radius 3 is 2.50 bits per heavy atom. The maximum absolute atomic E-state index is 5.83. The minimum atomic E-state index is -0.0524. The molecular formula is C21H32N4O3. The van der Waals surface area contributed by atoms with Crippen LogP contribution in [0.4, 0.5) is 0 Å². The van der Waals surface area contributed by atoms with Crippen LogP contribution >= 0.6 is 0 Å². The molecule has 0 spiro atoms. The fraction of sp³-hybridized carbons (Fsp3) is 0.524. The number of aromatic nitrogens is 1. The van der Waals surface area contributed by atoms with Gasteiger partial charge in [-0.15, -0.1) is 0 Å². The van der Waals surface area contributed by atoms with Crippen LogP contribution in [-0.4, -0.2) is 50.7 Å². The van der Waals surface area contributed by atoms with E-state index in [1.807, 2.05) is 25.2 Å². The zero-order chi connectivity index (χ0) is 20.7. The highest BCUT2D eigenvalue weighted by Gasteiger charge is 2.19. The van der Waals surface area contributed by atoms with Crippen molar-refractivity contribution in [2.45, 2.75) is 39.2 Å². The van der Waals surface area contributed by atoms with Gasteiger partial charge in [0, 0.05) is 26.1 Å². The summed E-state index contributed by atoms with van der Waals surface area (Å²) in [7, 11) is 7.06. The van der Waals surface area contributed by atoms with Gasteiger partial charge in [-0.05, 0) is 24.1 Å². The van der Waals surface area contributed by atoms with Crippen LogP contribution in [-0.2, 0) is 18.4 Å².